The number of amides is 1. The van der Waals surface area contributed by atoms with Gasteiger partial charge in [-0.2, -0.15) is 0 Å². The zero-order chi connectivity index (χ0) is 13.7. The summed E-state index contributed by atoms with van der Waals surface area (Å²) in [6.07, 6.45) is 0. The van der Waals surface area contributed by atoms with Gasteiger partial charge in [-0.1, -0.05) is 18.2 Å². The van der Waals surface area contributed by atoms with Gasteiger partial charge in [0.1, 0.15) is 12.4 Å². The first-order valence-corrected chi connectivity index (χ1v) is 6.36. The Morgan fingerprint density at radius 1 is 1.42 bits per heavy atom. The second-order valence-electron chi connectivity index (χ2n) is 4.93. The van der Waals surface area contributed by atoms with Gasteiger partial charge in [-0.05, 0) is 13.0 Å². The van der Waals surface area contributed by atoms with Crippen molar-refractivity contribution in [3.8, 4) is 5.75 Å². The normalized spacial score (nSPS) is 16.5. The predicted molar refractivity (Wildman–Crippen MR) is 72.1 cm³/mol. The summed E-state index contributed by atoms with van der Waals surface area (Å²) in [4.78, 5) is 11.7. The highest BCUT2D eigenvalue weighted by Crippen LogP contribution is 2.17. The number of para-hydroxylation sites is 1. The molecular formula is C14H20N2O3. The van der Waals surface area contributed by atoms with Gasteiger partial charge in [0, 0.05) is 25.2 Å². The van der Waals surface area contributed by atoms with E-state index in [0.717, 1.165) is 24.4 Å². The van der Waals surface area contributed by atoms with Crippen LogP contribution in [0.25, 0.3) is 0 Å². The van der Waals surface area contributed by atoms with E-state index in [4.69, 9.17) is 9.47 Å². The zero-order valence-electron chi connectivity index (χ0n) is 11.4. The third kappa shape index (κ3) is 3.68. The van der Waals surface area contributed by atoms with Crippen molar-refractivity contribution in [3.63, 3.8) is 0 Å². The van der Waals surface area contributed by atoms with Crippen molar-refractivity contribution in [2.75, 3.05) is 26.8 Å². The Morgan fingerprint density at radius 3 is 2.79 bits per heavy atom. The molecular weight excluding hydrogens is 244 g/mol. The summed E-state index contributed by atoms with van der Waals surface area (Å²) in [5, 5.41) is 5.96. The monoisotopic (exact) mass is 264 g/mol. The SMILES string of the molecule is COc1ccccc1CNC(=O)COC1(C)CNC1. The Balaban J connectivity index is 1.76. The average molecular weight is 264 g/mol. The molecule has 1 aromatic rings. The average Bonchev–Trinajstić information content (AvgIpc) is 2.41. The van der Waals surface area contributed by atoms with Crippen molar-refractivity contribution >= 4 is 5.91 Å². The van der Waals surface area contributed by atoms with Crippen LogP contribution in [0.15, 0.2) is 24.3 Å². The molecule has 0 aliphatic carbocycles. The molecule has 2 rings (SSSR count). The van der Waals surface area contributed by atoms with Crippen molar-refractivity contribution in [2.24, 2.45) is 0 Å². The van der Waals surface area contributed by atoms with E-state index < -0.39 is 0 Å². The molecule has 0 bridgehead atoms. The molecule has 0 radical (unpaired) electrons. The summed E-state index contributed by atoms with van der Waals surface area (Å²) in [5.41, 5.74) is 0.761. The third-order valence-corrected chi connectivity index (χ3v) is 3.22. The molecule has 0 atom stereocenters. The smallest absolute Gasteiger partial charge is 0.246 e. The van der Waals surface area contributed by atoms with E-state index in [1.165, 1.54) is 0 Å². The maximum atomic E-state index is 11.7. The first-order chi connectivity index (χ1) is 9.13. The quantitative estimate of drug-likeness (QED) is 0.793. The predicted octanol–water partition coefficient (Wildman–Crippen LogP) is 0.690. The van der Waals surface area contributed by atoms with Crippen LogP contribution in [0.2, 0.25) is 0 Å². The molecule has 5 nitrogen and oxygen atoms in total. The molecule has 19 heavy (non-hydrogen) atoms. The highest BCUT2D eigenvalue weighted by molar-refractivity contribution is 5.77. The Morgan fingerprint density at radius 2 is 2.16 bits per heavy atom. The highest BCUT2D eigenvalue weighted by atomic mass is 16.5. The van der Waals surface area contributed by atoms with Crippen LogP contribution in [-0.2, 0) is 16.1 Å². The summed E-state index contributed by atoms with van der Waals surface area (Å²) in [6, 6.07) is 7.62. The van der Waals surface area contributed by atoms with Crippen LogP contribution in [-0.4, -0.2) is 38.3 Å². The van der Waals surface area contributed by atoms with Gasteiger partial charge in [-0.25, -0.2) is 0 Å². The maximum absolute atomic E-state index is 11.7. The van der Waals surface area contributed by atoms with Gasteiger partial charge in [-0.3, -0.25) is 4.79 Å². The minimum Gasteiger partial charge on any atom is -0.496 e. The van der Waals surface area contributed by atoms with E-state index in [1.54, 1.807) is 7.11 Å². The number of benzene rings is 1. The minimum absolute atomic E-state index is 0.0906. The van der Waals surface area contributed by atoms with E-state index in [9.17, 15) is 4.79 Å². The van der Waals surface area contributed by atoms with Gasteiger partial charge in [-0.15, -0.1) is 0 Å². The molecule has 0 saturated carbocycles. The fraction of sp³-hybridized carbons (Fsp3) is 0.500. The Hall–Kier alpha value is -1.59. The van der Waals surface area contributed by atoms with Gasteiger partial charge in [0.15, 0.2) is 0 Å². The summed E-state index contributed by atoms with van der Waals surface area (Å²) in [5.74, 6) is 0.665. The highest BCUT2D eigenvalue weighted by Gasteiger charge is 2.32. The van der Waals surface area contributed by atoms with E-state index in [2.05, 4.69) is 10.6 Å². The molecule has 1 aliphatic heterocycles. The fourth-order valence-corrected chi connectivity index (χ4v) is 1.91. The maximum Gasteiger partial charge on any atom is 0.246 e. The van der Waals surface area contributed by atoms with Crippen LogP contribution in [0.4, 0.5) is 0 Å². The van der Waals surface area contributed by atoms with Gasteiger partial charge in [0.25, 0.3) is 0 Å². The van der Waals surface area contributed by atoms with Crippen molar-refractivity contribution in [3.05, 3.63) is 29.8 Å². The van der Waals surface area contributed by atoms with Gasteiger partial charge in [0.05, 0.1) is 12.7 Å². The van der Waals surface area contributed by atoms with Crippen molar-refractivity contribution in [1.29, 1.82) is 0 Å². The minimum atomic E-state index is -0.193. The Labute approximate surface area is 113 Å². The number of methoxy groups -OCH3 is 1. The number of ether oxygens (including phenoxy) is 2. The van der Waals surface area contributed by atoms with Crippen LogP contribution >= 0.6 is 0 Å². The summed E-state index contributed by atoms with van der Waals surface area (Å²) in [6.45, 7) is 4.13. The van der Waals surface area contributed by atoms with E-state index in [-0.39, 0.29) is 18.1 Å². The van der Waals surface area contributed by atoms with Crippen LogP contribution < -0.4 is 15.4 Å². The topological polar surface area (TPSA) is 59.6 Å². The largest absolute Gasteiger partial charge is 0.496 e. The fourth-order valence-electron chi connectivity index (χ4n) is 1.91. The number of hydrogen-bond acceptors (Lipinski definition) is 4. The molecule has 0 spiro atoms. The molecule has 1 fully saturated rings. The zero-order valence-corrected chi connectivity index (χ0v) is 11.4. The van der Waals surface area contributed by atoms with Gasteiger partial charge in [0.2, 0.25) is 5.91 Å². The number of carbonyl (C=O) groups excluding carboxylic acids is 1. The first kappa shape index (κ1) is 13.8. The lowest BCUT2D eigenvalue weighted by atomic mass is 10.0. The molecule has 5 heteroatoms. The number of carbonyl (C=O) groups is 1. The van der Waals surface area contributed by atoms with Gasteiger partial charge < -0.3 is 20.1 Å². The number of rotatable bonds is 6. The molecule has 2 N–H and O–H groups in total. The van der Waals surface area contributed by atoms with E-state index in [0.29, 0.717) is 6.54 Å². The molecule has 1 aliphatic rings. The van der Waals surface area contributed by atoms with Crippen molar-refractivity contribution in [2.45, 2.75) is 19.1 Å². The molecule has 104 valence electrons. The Bertz CT molecular complexity index is 444. The molecule has 0 aromatic heterocycles. The standard InChI is InChI=1S/C14H20N2O3/c1-14(9-15-10-14)19-8-13(17)16-7-11-5-3-4-6-12(11)18-2/h3-6,15H,7-10H2,1-2H3,(H,16,17). The molecule has 1 aromatic carbocycles. The van der Waals surface area contributed by atoms with Crippen molar-refractivity contribution < 1.29 is 14.3 Å². The lowest BCUT2D eigenvalue weighted by Gasteiger charge is -2.38. The second-order valence-corrected chi connectivity index (χ2v) is 4.93. The van der Waals surface area contributed by atoms with Crippen LogP contribution in [0.3, 0.4) is 0 Å². The van der Waals surface area contributed by atoms with Crippen molar-refractivity contribution in [1.82, 2.24) is 10.6 Å². The summed E-state index contributed by atoms with van der Waals surface area (Å²) < 4.78 is 10.8. The van der Waals surface area contributed by atoms with Gasteiger partial charge >= 0.3 is 0 Å². The lowest BCUT2D eigenvalue weighted by molar-refractivity contribution is -0.136. The summed E-state index contributed by atoms with van der Waals surface area (Å²) in [7, 11) is 1.62. The molecule has 1 amide bonds. The molecule has 1 saturated heterocycles. The number of hydrogen-bond donors (Lipinski definition) is 2. The van der Waals surface area contributed by atoms with Crippen LogP contribution in [0.5, 0.6) is 5.75 Å². The molecule has 0 unspecified atom stereocenters. The molecule has 1 heterocycles. The summed E-state index contributed by atoms with van der Waals surface area (Å²) >= 11 is 0. The lowest BCUT2D eigenvalue weighted by Crippen LogP contribution is -2.59. The third-order valence-electron chi connectivity index (χ3n) is 3.22. The van der Waals surface area contributed by atoms with E-state index in [1.807, 2.05) is 31.2 Å². The second kappa shape index (κ2) is 6.04. The first-order valence-electron chi connectivity index (χ1n) is 6.36. The van der Waals surface area contributed by atoms with Crippen LogP contribution in [0.1, 0.15) is 12.5 Å². The Kier molecular flexibility index (Phi) is 4.39. The number of nitrogens with one attached hydrogen (secondary N) is 2. The van der Waals surface area contributed by atoms with Crippen LogP contribution in [0, 0.1) is 0 Å². The van der Waals surface area contributed by atoms with E-state index >= 15 is 0 Å².